The molecule has 1 rings (SSSR count). The summed E-state index contributed by atoms with van der Waals surface area (Å²) in [6.07, 6.45) is 7.10. The van der Waals surface area contributed by atoms with Crippen LogP contribution >= 0.6 is 0 Å². The minimum Gasteiger partial charge on any atom is -0.103 e. The lowest BCUT2D eigenvalue weighted by molar-refractivity contribution is 1.23. The molecule has 0 radical (unpaired) electrons. The second-order valence-corrected chi connectivity index (χ2v) is 3.11. The van der Waals surface area contributed by atoms with E-state index in [2.05, 4.69) is 50.8 Å². The van der Waals surface area contributed by atoms with Gasteiger partial charge in [0.15, 0.2) is 0 Å². The summed E-state index contributed by atoms with van der Waals surface area (Å²) >= 11 is 0. The molecular formula is C15H24. The molecule has 0 heteroatoms. The first kappa shape index (κ1) is 16.1. The highest BCUT2D eigenvalue weighted by Crippen LogP contribution is 2.04. The third-order valence-corrected chi connectivity index (χ3v) is 1.73. The van der Waals surface area contributed by atoms with Gasteiger partial charge in [-0.15, -0.1) is 6.58 Å². The normalized spacial score (nSPS) is 8.73. The molecule has 0 amide bonds. The number of hydrogen-bond donors (Lipinski definition) is 0. The van der Waals surface area contributed by atoms with Crippen molar-refractivity contribution in [3.05, 3.63) is 54.1 Å². The Morgan fingerprint density at radius 1 is 1.20 bits per heavy atom. The van der Waals surface area contributed by atoms with E-state index < -0.39 is 0 Å². The molecule has 0 aromatic heterocycles. The highest BCUT2D eigenvalue weighted by Gasteiger charge is 1.83. The second kappa shape index (κ2) is 10.8. The molecule has 1 aromatic rings. The Labute approximate surface area is 95.3 Å². The average Bonchev–Trinajstić information content (AvgIpc) is 2.22. The van der Waals surface area contributed by atoms with E-state index in [1.165, 1.54) is 11.1 Å². The number of benzene rings is 1. The van der Waals surface area contributed by atoms with Gasteiger partial charge in [0.2, 0.25) is 0 Å². The molecule has 1 aromatic carbocycles. The third-order valence-electron chi connectivity index (χ3n) is 1.73. The lowest BCUT2D eigenvalue weighted by Gasteiger charge is -1.92. The molecule has 0 N–H and O–H groups in total. The molecule has 0 bridgehead atoms. The van der Waals surface area contributed by atoms with Crippen molar-refractivity contribution < 1.29 is 0 Å². The summed E-state index contributed by atoms with van der Waals surface area (Å²) in [5, 5.41) is 0. The molecule has 0 aliphatic rings. The molecular weight excluding hydrogens is 180 g/mol. The number of allylic oxidation sites excluding steroid dienone is 2. The van der Waals surface area contributed by atoms with Gasteiger partial charge in [0.25, 0.3) is 0 Å². The Morgan fingerprint density at radius 3 is 2.00 bits per heavy atom. The summed E-state index contributed by atoms with van der Waals surface area (Å²) in [6, 6.07) is 8.48. The van der Waals surface area contributed by atoms with Crippen LogP contribution in [-0.2, 0) is 0 Å². The third kappa shape index (κ3) is 9.01. The number of rotatable bonds is 2. The predicted molar refractivity (Wildman–Crippen MR) is 73.1 cm³/mol. The first-order valence-electron chi connectivity index (χ1n) is 5.04. The summed E-state index contributed by atoms with van der Waals surface area (Å²) in [5.74, 6) is 0. The van der Waals surface area contributed by atoms with Gasteiger partial charge in [-0.25, -0.2) is 0 Å². The van der Waals surface area contributed by atoms with E-state index in [4.69, 9.17) is 0 Å². The molecule has 0 atom stereocenters. The monoisotopic (exact) mass is 204 g/mol. The molecule has 0 spiro atoms. The van der Waals surface area contributed by atoms with Crippen molar-refractivity contribution in [1.82, 2.24) is 0 Å². The Hall–Kier alpha value is -1.30. The van der Waals surface area contributed by atoms with Gasteiger partial charge in [0.05, 0.1) is 0 Å². The van der Waals surface area contributed by atoms with Crippen LogP contribution in [0.15, 0.2) is 43.0 Å². The SMILES string of the molecule is C.C/C=C/c1ccc(C)cc1.C=CCC. The van der Waals surface area contributed by atoms with Crippen LogP contribution in [0, 0.1) is 6.92 Å². The van der Waals surface area contributed by atoms with Crippen molar-refractivity contribution in [2.24, 2.45) is 0 Å². The maximum absolute atomic E-state index is 3.48. The van der Waals surface area contributed by atoms with Gasteiger partial charge in [-0.05, 0) is 25.8 Å². The minimum absolute atomic E-state index is 0. The molecule has 84 valence electrons. The summed E-state index contributed by atoms with van der Waals surface area (Å²) in [6.45, 7) is 9.67. The minimum atomic E-state index is 0. The second-order valence-electron chi connectivity index (χ2n) is 3.11. The predicted octanol–water partition coefficient (Wildman–Crippen LogP) is 5.25. The number of hydrogen-bond acceptors (Lipinski definition) is 0. The van der Waals surface area contributed by atoms with E-state index in [0.717, 1.165) is 6.42 Å². The van der Waals surface area contributed by atoms with E-state index in [-0.39, 0.29) is 7.43 Å². The van der Waals surface area contributed by atoms with Gasteiger partial charge in [-0.1, -0.05) is 62.4 Å². The molecule has 0 unspecified atom stereocenters. The summed E-state index contributed by atoms with van der Waals surface area (Å²) in [7, 11) is 0. The maximum Gasteiger partial charge on any atom is -0.0260 e. The van der Waals surface area contributed by atoms with Crippen molar-refractivity contribution in [3.63, 3.8) is 0 Å². The van der Waals surface area contributed by atoms with Crippen LogP contribution in [0.3, 0.4) is 0 Å². The highest BCUT2D eigenvalue weighted by atomic mass is 13.9. The van der Waals surface area contributed by atoms with E-state index in [1.54, 1.807) is 0 Å². The largest absolute Gasteiger partial charge is 0.103 e. The summed E-state index contributed by atoms with van der Waals surface area (Å²) < 4.78 is 0. The van der Waals surface area contributed by atoms with Gasteiger partial charge >= 0.3 is 0 Å². The molecule has 0 aliphatic carbocycles. The van der Waals surface area contributed by atoms with Crippen LogP contribution in [-0.4, -0.2) is 0 Å². The number of aryl methyl sites for hydroxylation is 1. The Kier molecular flexibility index (Phi) is 11.6. The molecule has 0 aliphatic heterocycles. The summed E-state index contributed by atoms with van der Waals surface area (Å²) in [4.78, 5) is 0. The zero-order chi connectivity index (χ0) is 10.8. The fourth-order valence-corrected chi connectivity index (χ4v) is 0.870. The van der Waals surface area contributed by atoms with Crippen LogP contribution in [0.2, 0.25) is 0 Å². The Bertz CT molecular complexity index is 265. The van der Waals surface area contributed by atoms with Crippen LogP contribution in [0.25, 0.3) is 6.08 Å². The van der Waals surface area contributed by atoms with Crippen LogP contribution in [0.5, 0.6) is 0 Å². The van der Waals surface area contributed by atoms with Crippen molar-refractivity contribution in [2.75, 3.05) is 0 Å². The Balaban J connectivity index is 0. The fourth-order valence-electron chi connectivity index (χ4n) is 0.870. The fraction of sp³-hybridized carbons (Fsp3) is 0.333. The van der Waals surface area contributed by atoms with Gasteiger partial charge < -0.3 is 0 Å². The molecule has 0 saturated carbocycles. The first-order chi connectivity index (χ1) is 6.74. The topological polar surface area (TPSA) is 0 Å². The lowest BCUT2D eigenvalue weighted by atomic mass is 10.1. The van der Waals surface area contributed by atoms with Gasteiger partial charge in [-0.3, -0.25) is 0 Å². The molecule has 0 heterocycles. The highest BCUT2D eigenvalue weighted by molar-refractivity contribution is 5.48. The smallest absolute Gasteiger partial charge is 0.0260 e. The molecule has 0 nitrogen and oxygen atoms in total. The quantitative estimate of drug-likeness (QED) is 0.577. The summed E-state index contributed by atoms with van der Waals surface area (Å²) in [5.41, 5.74) is 2.58. The van der Waals surface area contributed by atoms with E-state index in [0.29, 0.717) is 0 Å². The van der Waals surface area contributed by atoms with E-state index in [9.17, 15) is 0 Å². The lowest BCUT2D eigenvalue weighted by Crippen LogP contribution is -1.71. The van der Waals surface area contributed by atoms with Crippen molar-refractivity contribution in [2.45, 2.75) is 34.6 Å². The van der Waals surface area contributed by atoms with Gasteiger partial charge in [0, 0.05) is 0 Å². The molecule has 15 heavy (non-hydrogen) atoms. The maximum atomic E-state index is 3.48. The zero-order valence-corrected chi connectivity index (χ0v) is 9.46. The van der Waals surface area contributed by atoms with E-state index in [1.807, 2.05) is 19.1 Å². The molecule has 0 fully saturated rings. The van der Waals surface area contributed by atoms with Crippen LogP contribution < -0.4 is 0 Å². The Morgan fingerprint density at radius 2 is 1.67 bits per heavy atom. The van der Waals surface area contributed by atoms with Crippen LogP contribution in [0.1, 0.15) is 38.8 Å². The molecule has 0 saturated heterocycles. The zero-order valence-electron chi connectivity index (χ0n) is 9.46. The van der Waals surface area contributed by atoms with Crippen LogP contribution in [0.4, 0.5) is 0 Å². The van der Waals surface area contributed by atoms with E-state index >= 15 is 0 Å². The van der Waals surface area contributed by atoms with Crippen molar-refractivity contribution in [1.29, 1.82) is 0 Å². The first-order valence-corrected chi connectivity index (χ1v) is 5.04. The van der Waals surface area contributed by atoms with Crippen molar-refractivity contribution in [3.8, 4) is 0 Å². The van der Waals surface area contributed by atoms with Gasteiger partial charge in [-0.2, -0.15) is 0 Å². The van der Waals surface area contributed by atoms with Crippen molar-refractivity contribution >= 4 is 6.08 Å². The standard InChI is InChI=1S/C10H12.C4H8.CH4/c1-3-4-10-7-5-9(2)6-8-10;1-3-4-2;/h3-8H,1-2H3;3H,1,4H2,2H3;1H4/b4-3+;;. The average molecular weight is 204 g/mol. The van der Waals surface area contributed by atoms with Gasteiger partial charge in [0.1, 0.15) is 0 Å².